The summed E-state index contributed by atoms with van der Waals surface area (Å²) < 4.78 is 6.73. The Bertz CT molecular complexity index is 8930. The van der Waals surface area contributed by atoms with Crippen LogP contribution in [0.15, 0.2) is 528 Å². The highest BCUT2D eigenvalue weighted by molar-refractivity contribution is 7.21. The van der Waals surface area contributed by atoms with Crippen molar-refractivity contribution in [1.29, 1.82) is 5.26 Å². The zero-order valence-electron chi connectivity index (χ0n) is 78.3. The molecule has 704 valence electrons. The maximum atomic E-state index is 11.0. The van der Waals surface area contributed by atoms with E-state index >= 15 is 0 Å². The SMILES string of the molecule is C.C.C.C.[C-]#[N+]c1cc(-c2ccc([Si](c3ccccc3)(c3ccccc3)c3ccccc3)cc2)cc(-n2c3ccccc3c3cc([N+]#[C-])ccc32)c1.[C-]#[N+]c1ccc2c(c1)c1ccccc1n2-c1ccc(-c2c([N+]#[C-])cccc2[Si](c2ccccc2)(c2ccccc2)c2ccccc2)cc1.[C-]#[N+]c1ccc2c(c1)c1ccccc1n2-c1ccc(-c2cccc([Si](c3ccccc3)(c3ccccc3)c3ccccc3)c2C#N)cc1. The van der Waals surface area contributed by atoms with Gasteiger partial charge in [0.05, 0.1) is 77.6 Å². The monoisotopic (exact) mass is 1950 g/mol. The molecule has 0 unspecified atom stereocenters. The van der Waals surface area contributed by atoms with Gasteiger partial charge in [-0.1, -0.05) is 460 Å². The molecule has 0 atom stereocenters. The Balaban J connectivity index is 0.000000143. The second-order valence-corrected chi connectivity index (χ2v) is 47.1. The fourth-order valence-corrected chi connectivity index (χ4v) is 36.6. The summed E-state index contributed by atoms with van der Waals surface area (Å²) in [5, 5.41) is 32.6. The minimum Gasteiger partial charge on any atom is -0.311 e. The van der Waals surface area contributed by atoms with Crippen molar-refractivity contribution >= 4 is 180 Å². The zero-order valence-corrected chi connectivity index (χ0v) is 81.3. The fourth-order valence-electron chi connectivity index (χ4n) is 22.0. The van der Waals surface area contributed by atoms with Gasteiger partial charge < -0.3 is 13.7 Å². The standard InChI is InChI=1S/3C44H29N3Si.4CH4/c1-45-33-27-30-42-39(31-33)38-21-12-13-23-41(38)47(42)34-28-25-32(26-29-34)44-40(46-2)22-14-24-43(44)48(35-15-6-3-7-16-35,36-17-8-4-9-18-36)37-19-10-5-11-20-37;1-45-34-24-27-44-42(31-34)41-20-12-13-21-43(41)47(44)36-29-33(28-35(30-36)46-2)32-22-25-40(26-23-32)48(37-14-6-3-7-15-37,38-16-8-4-9-17-38)39-18-10-5-11-19-39;1-46-33-26-29-43-40(30-33)39-20-11-12-22-42(39)47(43)34-27-24-32(25-28-34)38-21-13-23-44(41(38)31-45)48(35-14-5-2-6-15-35,36-16-7-3-8-17-36)37-18-9-4-10-19-37;;;;/h2*3-31H;2-30H;4*1H4. The van der Waals surface area contributed by atoms with Gasteiger partial charge in [0.25, 0.3) is 0 Å². The number of benzene rings is 21. The van der Waals surface area contributed by atoms with E-state index in [1.807, 2.05) is 103 Å². The van der Waals surface area contributed by atoms with Crippen LogP contribution in [0.3, 0.4) is 0 Å². The Morgan fingerprint density at radius 2 is 0.480 bits per heavy atom. The number of hydrogen-bond donors (Lipinski definition) is 0. The molecule has 0 spiro atoms. The lowest BCUT2D eigenvalue weighted by molar-refractivity contribution is 1.18. The third kappa shape index (κ3) is 17.4. The molecule has 0 aliphatic carbocycles. The van der Waals surface area contributed by atoms with Crippen molar-refractivity contribution in [2.24, 2.45) is 0 Å². The summed E-state index contributed by atoms with van der Waals surface area (Å²) in [6, 6.07) is 188. The number of aromatic nitrogens is 3. The molecule has 0 fully saturated rings. The third-order valence-corrected chi connectivity index (χ3v) is 42.6. The number of rotatable bonds is 18. The van der Waals surface area contributed by atoms with Crippen LogP contribution in [-0.4, -0.2) is 37.9 Å². The van der Waals surface area contributed by atoms with Gasteiger partial charge in [0.2, 0.25) is 0 Å². The Kier molecular flexibility index (Phi) is 28.8. The van der Waals surface area contributed by atoms with Crippen molar-refractivity contribution < 1.29 is 0 Å². The van der Waals surface area contributed by atoms with Gasteiger partial charge in [-0.15, -0.1) is 0 Å². The van der Waals surface area contributed by atoms with Crippen LogP contribution in [0, 0.1) is 44.2 Å². The molecule has 24 aromatic rings. The summed E-state index contributed by atoms with van der Waals surface area (Å²) in [5.41, 5.74) is 19.1. The zero-order chi connectivity index (χ0) is 97.5. The van der Waals surface area contributed by atoms with E-state index in [-0.39, 0.29) is 29.7 Å². The van der Waals surface area contributed by atoms with Crippen LogP contribution in [0.5, 0.6) is 0 Å². The Labute approximate surface area is 869 Å². The van der Waals surface area contributed by atoms with Gasteiger partial charge in [-0.25, -0.2) is 24.2 Å². The van der Waals surface area contributed by atoms with E-state index in [1.54, 1.807) is 0 Å². The van der Waals surface area contributed by atoms with Crippen LogP contribution in [0.1, 0.15) is 35.3 Å². The van der Waals surface area contributed by atoms with E-state index in [2.05, 4.69) is 469 Å². The fraction of sp³-hybridized carbons (Fsp3) is 0.0294. The van der Waals surface area contributed by atoms with E-state index in [0.29, 0.717) is 34.0 Å². The molecule has 0 N–H and O–H groups in total. The van der Waals surface area contributed by atoms with Gasteiger partial charge >= 0.3 is 0 Å². The van der Waals surface area contributed by atoms with Gasteiger partial charge in [0.15, 0.2) is 52.7 Å². The Hall–Kier alpha value is -19.4. The number of nitrogens with zero attached hydrogens (tertiary/aromatic N) is 9. The van der Waals surface area contributed by atoms with E-state index in [9.17, 15) is 5.26 Å². The van der Waals surface area contributed by atoms with E-state index < -0.39 is 24.2 Å². The van der Waals surface area contributed by atoms with Crippen LogP contribution >= 0.6 is 0 Å². The summed E-state index contributed by atoms with van der Waals surface area (Å²) >= 11 is 0. The van der Waals surface area contributed by atoms with Crippen LogP contribution < -0.4 is 62.2 Å². The molecule has 9 nitrogen and oxygen atoms in total. The van der Waals surface area contributed by atoms with Gasteiger partial charge in [-0.3, -0.25) is 0 Å². The minimum atomic E-state index is -2.90. The van der Waals surface area contributed by atoms with E-state index in [1.165, 1.54) is 57.1 Å². The summed E-state index contributed by atoms with van der Waals surface area (Å²) in [5.74, 6) is 0. The quantitative estimate of drug-likeness (QED) is 0.0480. The predicted molar refractivity (Wildman–Crippen MR) is 632 cm³/mol. The van der Waals surface area contributed by atoms with Crippen molar-refractivity contribution in [3.05, 3.63) is 590 Å². The molecule has 0 amide bonds. The smallest absolute Gasteiger partial charge is 0.194 e. The molecular formula is C136H103N9Si3. The Morgan fingerprint density at radius 1 is 0.196 bits per heavy atom. The van der Waals surface area contributed by atoms with Gasteiger partial charge in [0.1, 0.15) is 0 Å². The first-order valence-corrected chi connectivity index (χ1v) is 53.8. The summed E-state index contributed by atoms with van der Waals surface area (Å²) in [6.07, 6.45) is 0. The van der Waals surface area contributed by atoms with Crippen LogP contribution in [0.4, 0.5) is 28.4 Å². The van der Waals surface area contributed by atoms with E-state index in [4.69, 9.17) is 32.9 Å². The molecular weight excluding hydrogens is 1840 g/mol. The first-order valence-electron chi connectivity index (χ1n) is 47.8. The van der Waals surface area contributed by atoms with Crippen LogP contribution in [0.2, 0.25) is 0 Å². The number of nitriles is 1. The molecule has 21 aromatic carbocycles. The molecule has 3 heterocycles. The minimum absolute atomic E-state index is 0. The van der Waals surface area contributed by atoms with Gasteiger partial charge in [-0.2, -0.15) is 5.26 Å². The largest absolute Gasteiger partial charge is 0.311 e. The lowest BCUT2D eigenvalue weighted by Crippen LogP contribution is -2.75. The molecule has 148 heavy (non-hydrogen) atoms. The van der Waals surface area contributed by atoms with E-state index in [0.717, 1.165) is 121 Å². The van der Waals surface area contributed by atoms with Gasteiger partial charge in [-0.05, 0) is 209 Å². The predicted octanol–water partition coefficient (Wildman–Crippen LogP) is 28.7. The van der Waals surface area contributed by atoms with Crippen LogP contribution in [-0.2, 0) is 0 Å². The van der Waals surface area contributed by atoms with Crippen molar-refractivity contribution in [3.8, 4) is 56.5 Å². The van der Waals surface area contributed by atoms with Crippen molar-refractivity contribution in [1.82, 2.24) is 13.7 Å². The third-order valence-electron chi connectivity index (χ3n) is 28.2. The molecule has 3 aromatic heterocycles. The first-order chi connectivity index (χ1) is 71.2. The lowest BCUT2D eigenvalue weighted by Gasteiger charge is -2.36. The van der Waals surface area contributed by atoms with Crippen LogP contribution in [0.25, 0.3) is 140 Å². The average Bonchev–Trinajstić information content (AvgIpc) is 0.974. The highest BCUT2D eigenvalue weighted by Crippen LogP contribution is 2.42. The molecule has 0 saturated heterocycles. The maximum absolute atomic E-state index is 11.0. The molecule has 0 bridgehead atoms. The highest BCUT2D eigenvalue weighted by Gasteiger charge is 2.46. The summed E-state index contributed by atoms with van der Waals surface area (Å²) in [6.45, 7) is 39.0. The average molecular weight is 1950 g/mol. The molecule has 0 aliphatic heterocycles. The molecule has 0 aliphatic rings. The summed E-state index contributed by atoms with van der Waals surface area (Å²) in [4.78, 5) is 19.0. The lowest BCUT2D eigenvalue weighted by atomic mass is 10.00. The van der Waals surface area contributed by atoms with Crippen molar-refractivity contribution in [2.75, 3.05) is 0 Å². The molecule has 0 saturated carbocycles. The highest BCUT2D eigenvalue weighted by atomic mass is 28.3. The number of para-hydroxylation sites is 3. The Morgan fingerprint density at radius 3 is 0.818 bits per heavy atom. The second-order valence-electron chi connectivity index (χ2n) is 35.7. The maximum Gasteiger partial charge on any atom is 0.194 e. The topological polar surface area (TPSA) is 60.4 Å². The van der Waals surface area contributed by atoms with Gasteiger partial charge in [0, 0.05) is 33.2 Å². The molecule has 24 rings (SSSR count). The second kappa shape index (κ2) is 43.2. The first kappa shape index (κ1) is 98.8. The molecule has 12 heteroatoms. The normalized spacial score (nSPS) is 11.0. The molecule has 0 radical (unpaired) electrons. The van der Waals surface area contributed by atoms with Crippen molar-refractivity contribution in [2.45, 2.75) is 29.7 Å². The number of hydrogen-bond acceptors (Lipinski definition) is 1. The van der Waals surface area contributed by atoms with Crippen molar-refractivity contribution in [3.63, 3.8) is 0 Å². The number of fused-ring (bicyclic) bond motifs is 9. The summed E-state index contributed by atoms with van der Waals surface area (Å²) in [7, 11) is -8.44.